The molecule has 0 radical (unpaired) electrons. The summed E-state index contributed by atoms with van der Waals surface area (Å²) in [4.78, 5) is 19.7. The lowest BCUT2D eigenvalue weighted by Crippen LogP contribution is -2.45. The van der Waals surface area contributed by atoms with Crippen LogP contribution >= 0.6 is 0 Å². The first-order chi connectivity index (χ1) is 12.5. The molecule has 26 heavy (non-hydrogen) atoms. The third-order valence-electron chi connectivity index (χ3n) is 5.63. The number of likely N-dealkylation sites (tertiary alicyclic amines) is 1. The van der Waals surface area contributed by atoms with Crippen LogP contribution in [0.3, 0.4) is 0 Å². The van der Waals surface area contributed by atoms with E-state index in [1.54, 1.807) is 0 Å². The number of hydrogen-bond donors (Lipinski definition) is 1. The van der Waals surface area contributed by atoms with E-state index in [-0.39, 0.29) is 11.8 Å². The van der Waals surface area contributed by atoms with Crippen molar-refractivity contribution >= 4 is 17.0 Å². The van der Waals surface area contributed by atoms with Crippen LogP contribution in [-0.2, 0) is 0 Å². The van der Waals surface area contributed by atoms with Gasteiger partial charge in [0.05, 0.1) is 16.6 Å². The second kappa shape index (κ2) is 6.99. The van der Waals surface area contributed by atoms with Gasteiger partial charge in [0.2, 0.25) is 0 Å². The molecule has 0 aromatic carbocycles. The molecule has 6 heteroatoms. The average Bonchev–Trinajstić information content (AvgIpc) is 3.41. The zero-order valence-corrected chi connectivity index (χ0v) is 15.9. The van der Waals surface area contributed by atoms with Gasteiger partial charge >= 0.3 is 0 Å². The van der Waals surface area contributed by atoms with Crippen molar-refractivity contribution in [2.45, 2.75) is 58.4 Å². The van der Waals surface area contributed by atoms with Crippen LogP contribution in [0.25, 0.3) is 11.1 Å². The first-order valence-electron chi connectivity index (χ1n) is 9.82. The summed E-state index contributed by atoms with van der Waals surface area (Å²) in [6.45, 7) is 8.75. The maximum atomic E-state index is 13.2. The van der Waals surface area contributed by atoms with Crippen LogP contribution in [0.2, 0.25) is 0 Å². The molecule has 1 aliphatic heterocycles. The van der Waals surface area contributed by atoms with E-state index in [2.05, 4.69) is 29.3 Å². The maximum absolute atomic E-state index is 13.2. The van der Waals surface area contributed by atoms with Crippen LogP contribution in [0.4, 0.5) is 0 Å². The van der Waals surface area contributed by atoms with Crippen LogP contribution in [0.5, 0.6) is 0 Å². The fraction of sp³-hybridized carbons (Fsp3) is 0.650. The van der Waals surface area contributed by atoms with E-state index in [1.807, 2.05) is 17.9 Å². The van der Waals surface area contributed by atoms with Gasteiger partial charge in [0, 0.05) is 24.8 Å². The molecule has 2 fully saturated rings. The zero-order chi connectivity index (χ0) is 18.3. The largest absolute Gasteiger partial charge is 0.339 e. The van der Waals surface area contributed by atoms with Gasteiger partial charge in [0.25, 0.3) is 11.6 Å². The van der Waals surface area contributed by atoms with Crippen molar-refractivity contribution in [2.24, 2.45) is 5.92 Å². The Labute approximate surface area is 154 Å². The van der Waals surface area contributed by atoms with Crippen molar-refractivity contribution in [2.75, 3.05) is 19.6 Å². The molecule has 140 valence electrons. The van der Waals surface area contributed by atoms with Gasteiger partial charge in [-0.25, -0.2) is 4.98 Å². The van der Waals surface area contributed by atoms with E-state index >= 15 is 0 Å². The van der Waals surface area contributed by atoms with E-state index in [9.17, 15) is 4.79 Å². The molecular formula is C20H28N4O2. The van der Waals surface area contributed by atoms with Crippen LogP contribution in [0.15, 0.2) is 10.6 Å². The van der Waals surface area contributed by atoms with E-state index in [4.69, 9.17) is 4.52 Å². The number of aryl methyl sites for hydroxylation is 1. The fourth-order valence-corrected chi connectivity index (χ4v) is 3.69. The number of nitrogens with zero attached hydrogens (tertiary/aromatic N) is 3. The van der Waals surface area contributed by atoms with E-state index in [0.717, 1.165) is 55.2 Å². The normalized spacial score (nSPS) is 18.8. The summed E-state index contributed by atoms with van der Waals surface area (Å²) in [5, 5.41) is 8.45. The van der Waals surface area contributed by atoms with Gasteiger partial charge in [-0.05, 0) is 57.1 Å². The molecule has 0 unspecified atom stereocenters. The lowest BCUT2D eigenvalue weighted by molar-refractivity contribution is 0.0706. The Balaban J connectivity index is 1.51. The van der Waals surface area contributed by atoms with Gasteiger partial charge in [-0.3, -0.25) is 4.79 Å². The standard InChI is InChI=1S/C20H28N4O2/c1-12(2)17-10-16(18-13(3)23-26-19(18)22-17)20(25)24-8-6-15(7-9-24)21-11-14-4-5-14/h10,12,14-15,21H,4-9,11H2,1-3H3. The summed E-state index contributed by atoms with van der Waals surface area (Å²) in [6.07, 6.45) is 4.79. The van der Waals surface area contributed by atoms with E-state index < -0.39 is 0 Å². The predicted octanol–water partition coefficient (Wildman–Crippen LogP) is 3.26. The number of carbonyl (C=O) groups is 1. The van der Waals surface area contributed by atoms with Crippen molar-refractivity contribution in [1.29, 1.82) is 0 Å². The molecule has 4 rings (SSSR count). The highest BCUT2D eigenvalue weighted by Gasteiger charge is 2.28. The highest BCUT2D eigenvalue weighted by Crippen LogP contribution is 2.29. The molecule has 0 spiro atoms. The smallest absolute Gasteiger partial charge is 0.259 e. The highest BCUT2D eigenvalue weighted by molar-refractivity contribution is 6.06. The molecule has 0 atom stereocenters. The Bertz CT molecular complexity index is 801. The van der Waals surface area contributed by atoms with Crippen molar-refractivity contribution in [3.05, 3.63) is 23.0 Å². The number of carbonyl (C=O) groups excluding carboxylic acids is 1. The lowest BCUT2D eigenvalue weighted by atomic mass is 10.0. The summed E-state index contributed by atoms with van der Waals surface area (Å²) in [5.74, 6) is 1.20. The van der Waals surface area contributed by atoms with Crippen LogP contribution in [-0.4, -0.2) is 46.6 Å². The second-order valence-corrected chi connectivity index (χ2v) is 8.12. The fourth-order valence-electron chi connectivity index (χ4n) is 3.69. The summed E-state index contributed by atoms with van der Waals surface area (Å²) in [7, 11) is 0. The second-order valence-electron chi connectivity index (χ2n) is 8.12. The summed E-state index contributed by atoms with van der Waals surface area (Å²) >= 11 is 0. The van der Waals surface area contributed by atoms with Crippen molar-refractivity contribution in [1.82, 2.24) is 20.4 Å². The molecule has 2 aliphatic rings. The van der Waals surface area contributed by atoms with Crippen molar-refractivity contribution in [3.63, 3.8) is 0 Å². The molecule has 2 aromatic rings. The molecule has 3 heterocycles. The summed E-state index contributed by atoms with van der Waals surface area (Å²) < 4.78 is 5.35. The Morgan fingerprint density at radius 2 is 2.04 bits per heavy atom. The van der Waals surface area contributed by atoms with Gasteiger partial charge in [-0.1, -0.05) is 19.0 Å². The SMILES string of the molecule is Cc1noc2nc(C(C)C)cc(C(=O)N3CCC(NCC4CC4)CC3)c12. The Morgan fingerprint density at radius 1 is 1.31 bits per heavy atom. The van der Waals surface area contributed by atoms with Crippen LogP contribution in [0, 0.1) is 12.8 Å². The molecular weight excluding hydrogens is 328 g/mol. The number of pyridine rings is 1. The monoisotopic (exact) mass is 356 g/mol. The highest BCUT2D eigenvalue weighted by atomic mass is 16.5. The number of piperidine rings is 1. The molecule has 0 bridgehead atoms. The molecule has 1 aliphatic carbocycles. The topological polar surface area (TPSA) is 71.3 Å². The Hall–Kier alpha value is -1.95. The lowest BCUT2D eigenvalue weighted by Gasteiger charge is -2.32. The first-order valence-corrected chi connectivity index (χ1v) is 9.82. The van der Waals surface area contributed by atoms with Crippen LogP contribution in [0.1, 0.15) is 67.2 Å². The van der Waals surface area contributed by atoms with Gasteiger partial charge in [0.15, 0.2) is 0 Å². The summed E-state index contributed by atoms with van der Waals surface area (Å²) in [6, 6.07) is 2.47. The molecule has 1 saturated heterocycles. The molecule has 1 saturated carbocycles. The van der Waals surface area contributed by atoms with Crippen LogP contribution < -0.4 is 5.32 Å². The number of amides is 1. The van der Waals surface area contributed by atoms with Crippen molar-refractivity contribution in [3.8, 4) is 0 Å². The number of fused-ring (bicyclic) bond motifs is 1. The first kappa shape index (κ1) is 17.5. The molecule has 2 aromatic heterocycles. The van der Waals surface area contributed by atoms with Crippen molar-refractivity contribution < 1.29 is 9.32 Å². The average molecular weight is 356 g/mol. The van der Waals surface area contributed by atoms with E-state index in [1.165, 1.54) is 12.8 Å². The number of hydrogen-bond acceptors (Lipinski definition) is 5. The van der Waals surface area contributed by atoms with Gasteiger partial charge < -0.3 is 14.7 Å². The number of aromatic nitrogens is 2. The molecule has 1 N–H and O–H groups in total. The minimum atomic E-state index is 0.0752. The third-order valence-corrected chi connectivity index (χ3v) is 5.63. The Morgan fingerprint density at radius 3 is 2.69 bits per heavy atom. The predicted molar refractivity (Wildman–Crippen MR) is 100 cm³/mol. The summed E-state index contributed by atoms with van der Waals surface area (Å²) in [5.41, 5.74) is 2.75. The minimum Gasteiger partial charge on any atom is -0.339 e. The maximum Gasteiger partial charge on any atom is 0.259 e. The third kappa shape index (κ3) is 3.47. The molecule has 6 nitrogen and oxygen atoms in total. The quantitative estimate of drug-likeness (QED) is 0.890. The van der Waals surface area contributed by atoms with E-state index in [0.29, 0.717) is 17.3 Å². The number of rotatable bonds is 5. The van der Waals surface area contributed by atoms with Gasteiger partial charge in [0.1, 0.15) is 0 Å². The van der Waals surface area contributed by atoms with Gasteiger partial charge in [-0.2, -0.15) is 0 Å². The number of nitrogens with one attached hydrogen (secondary N) is 1. The van der Waals surface area contributed by atoms with Gasteiger partial charge in [-0.15, -0.1) is 0 Å². The Kier molecular flexibility index (Phi) is 4.69. The molecule has 1 amide bonds. The zero-order valence-electron chi connectivity index (χ0n) is 15.9. The minimum absolute atomic E-state index is 0.0752.